The number of halogens is 2. The Morgan fingerprint density at radius 3 is 2.70 bits per heavy atom. The third kappa shape index (κ3) is 3.50. The first-order chi connectivity index (χ1) is 9.61. The standard InChI is InChI=1S/C16H17ClFNO/c1-3-19-11(2)13-6-4-5-7-16(13)20-12-8-9-15(18)14(17)10-12/h4-11,19H,3H2,1-2H3. The molecule has 0 fully saturated rings. The molecular weight excluding hydrogens is 277 g/mol. The molecule has 2 rings (SSSR count). The van der Waals surface area contributed by atoms with Crippen LogP contribution in [0.1, 0.15) is 25.5 Å². The Balaban J connectivity index is 2.26. The number of ether oxygens (including phenoxy) is 1. The van der Waals surface area contributed by atoms with Crippen LogP contribution in [0.15, 0.2) is 42.5 Å². The molecule has 0 bridgehead atoms. The predicted octanol–water partition coefficient (Wildman–Crippen LogP) is 4.94. The highest BCUT2D eigenvalue weighted by atomic mass is 35.5. The Hall–Kier alpha value is -1.58. The molecule has 0 spiro atoms. The summed E-state index contributed by atoms with van der Waals surface area (Å²) in [4.78, 5) is 0. The molecule has 2 nitrogen and oxygen atoms in total. The van der Waals surface area contributed by atoms with E-state index in [9.17, 15) is 4.39 Å². The minimum atomic E-state index is -0.451. The number of para-hydroxylation sites is 1. The molecule has 20 heavy (non-hydrogen) atoms. The van der Waals surface area contributed by atoms with Crippen LogP contribution >= 0.6 is 11.6 Å². The largest absolute Gasteiger partial charge is 0.457 e. The second-order valence-electron chi connectivity index (χ2n) is 4.50. The van der Waals surface area contributed by atoms with Crippen molar-refractivity contribution >= 4 is 11.6 Å². The normalized spacial score (nSPS) is 12.2. The molecule has 1 unspecified atom stereocenters. The van der Waals surface area contributed by atoms with E-state index in [0.29, 0.717) is 5.75 Å². The summed E-state index contributed by atoms with van der Waals surface area (Å²) in [5.41, 5.74) is 1.05. The Labute approximate surface area is 123 Å². The van der Waals surface area contributed by atoms with Crippen LogP contribution < -0.4 is 10.1 Å². The lowest BCUT2D eigenvalue weighted by atomic mass is 10.1. The van der Waals surface area contributed by atoms with Crippen molar-refractivity contribution in [3.8, 4) is 11.5 Å². The van der Waals surface area contributed by atoms with E-state index in [4.69, 9.17) is 16.3 Å². The van der Waals surface area contributed by atoms with E-state index in [1.54, 1.807) is 6.07 Å². The second kappa shape index (κ2) is 6.73. The maximum absolute atomic E-state index is 13.1. The molecule has 1 atom stereocenters. The van der Waals surface area contributed by atoms with Gasteiger partial charge in [-0.25, -0.2) is 4.39 Å². The first kappa shape index (κ1) is 14.8. The average molecular weight is 294 g/mol. The van der Waals surface area contributed by atoms with Gasteiger partial charge >= 0.3 is 0 Å². The summed E-state index contributed by atoms with van der Waals surface area (Å²) in [7, 11) is 0. The van der Waals surface area contributed by atoms with Crippen LogP contribution in [0.25, 0.3) is 0 Å². The van der Waals surface area contributed by atoms with E-state index in [2.05, 4.69) is 19.2 Å². The van der Waals surface area contributed by atoms with Crippen molar-refractivity contribution in [3.63, 3.8) is 0 Å². The zero-order valence-electron chi connectivity index (χ0n) is 11.5. The Bertz CT molecular complexity index is 588. The molecule has 4 heteroatoms. The van der Waals surface area contributed by atoms with Gasteiger partial charge in [0.25, 0.3) is 0 Å². The summed E-state index contributed by atoms with van der Waals surface area (Å²) in [6.45, 7) is 5.00. The molecular formula is C16H17ClFNO. The summed E-state index contributed by atoms with van der Waals surface area (Å²) < 4.78 is 19.0. The number of rotatable bonds is 5. The lowest BCUT2D eigenvalue weighted by Gasteiger charge is -2.17. The number of hydrogen-bond donors (Lipinski definition) is 1. The van der Waals surface area contributed by atoms with E-state index >= 15 is 0 Å². The fourth-order valence-corrected chi connectivity index (χ4v) is 2.19. The maximum atomic E-state index is 13.1. The van der Waals surface area contributed by atoms with Crippen molar-refractivity contribution in [2.75, 3.05) is 6.54 Å². The molecule has 0 aliphatic carbocycles. The Kier molecular flexibility index (Phi) is 4.99. The molecule has 0 aliphatic rings. The van der Waals surface area contributed by atoms with Gasteiger partial charge in [0, 0.05) is 17.7 Å². The highest BCUT2D eigenvalue weighted by Gasteiger charge is 2.11. The smallest absolute Gasteiger partial charge is 0.142 e. The van der Waals surface area contributed by atoms with Gasteiger partial charge in [-0.1, -0.05) is 36.7 Å². The number of benzene rings is 2. The van der Waals surface area contributed by atoms with Crippen molar-refractivity contribution in [3.05, 3.63) is 58.9 Å². The molecule has 0 saturated heterocycles. The van der Waals surface area contributed by atoms with E-state index in [1.807, 2.05) is 24.3 Å². The summed E-state index contributed by atoms with van der Waals surface area (Å²) >= 11 is 5.76. The molecule has 0 saturated carbocycles. The van der Waals surface area contributed by atoms with E-state index in [0.717, 1.165) is 17.9 Å². The van der Waals surface area contributed by atoms with E-state index in [1.165, 1.54) is 12.1 Å². The molecule has 2 aromatic carbocycles. The van der Waals surface area contributed by atoms with Crippen LogP contribution in [0, 0.1) is 5.82 Å². The monoisotopic (exact) mass is 293 g/mol. The maximum Gasteiger partial charge on any atom is 0.142 e. The molecule has 2 aromatic rings. The minimum absolute atomic E-state index is 0.0553. The third-order valence-corrected chi connectivity index (χ3v) is 3.30. The van der Waals surface area contributed by atoms with Crippen molar-refractivity contribution < 1.29 is 9.13 Å². The van der Waals surface area contributed by atoms with Gasteiger partial charge in [-0.2, -0.15) is 0 Å². The lowest BCUT2D eigenvalue weighted by molar-refractivity contribution is 0.461. The van der Waals surface area contributed by atoms with Crippen LogP contribution in [0.2, 0.25) is 5.02 Å². The summed E-state index contributed by atoms with van der Waals surface area (Å²) in [5.74, 6) is 0.810. The SMILES string of the molecule is CCNC(C)c1ccccc1Oc1ccc(F)c(Cl)c1. The molecule has 0 radical (unpaired) electrons. The molecule has 1 N–H and O–H groups in total. The fourth-order valence-electron chi connectivity index (χ4n) is 2.01. The van der Waals surface area contributed by atoms with E-state index < -0.39 is 5.82 Å². The molecule has 0 heterocycles. The topological polar surface area (TPSA) is 21.3 Å². The van der Waals surface area contributed by atoms with Crippen molar-refractivity contribution in [2.24, 2.45) is 0 Å². The first-order valence-electron chi connectivity index (χ1n) is 6.57. The fraction of sp³-hybridized carbons (Fsp3) is 0.250. The molecule has 0 aliphatic heterocycles. The van der Waals surface area contributed by atoms with Gasteiger partial charge in [0.2, 0.25) is 0 Å². The first-order valence-corrected chi connectivity index (χ1v) is 6.94. The van der Waals surface area contributed by atoms with Gasteiger partial charge in [-0.3, -0.25) is 0 Å². The van der Waals surface area contributed by atoms with E-state index in [-0.39, 0.29) is 11.1 Å². The Morgan fingerprint density at radius 1 is 1.25 bits per heavy atom. The second-order valence-corrected chi connectivity index (χ2v) is 4.90. The van der Waals surface area contributed by atoms with Gasteiger partial charge in [-0.15, -0.1) is 0 Å². The van der Waals surface area contributed by atoms with Gasteiger partial charge < -0.3 is 10.1 Å². The summed E-state index contributed by atoms with van der Waals surface area (Å²) in [6, 6.07) is 12.3. The van der Waals surface area contributed by atoms with Gasteiger partial charge in [-0.05, 0) is 31.7 Å². The molecule has 0 aromatic heterocycles. The van der Waals surface area contributed by atoms with Gasteiger partial charge in [0.05, 0.1) is 5.02 Å². The molecule has 106 valence electrons. The van der Waals surface area contributed by atoms with Crippen LogP contribution in [0.4, 0.5) is 4.39 Å². The Morgan fingerprint density at radius 2 is 2.00 bits per heavy atom. The van der Waals surface area contributed by atoms with Crippen LogP contribution in [-0.2, 0) is 0 Å². The van der Waals surface area contributed by atoms with Crippen LogP contribution in [-0.4, -0.2) is 6.54 Å². The predicted molar refractivity (Wildman–Crippen MR) is 80.0 cm³/mol. The summed E-state index contributed by atoms with van der Waals surface area (Å²) in [5, 5.41) is 3.40. The van der Waals surface area contributed by atoms with Gasteiger partial charge in [0.15, 0.2) is 0 Å². The van der Waals surface area contributed by atoms with Crippen LogP contribution in [0.3, 0.4) is 0 Å². The van der Waals surface area contributed by atoms with Crippen molar-refractivity contribution in [2.45, 2.75) is 19.9 Å². The zero-order chi connectivity index (χ0) is 14.5. The summed E-state index contributed by atoms with van der Waals surface area (Å²) in [6.07, 6.45) is 0. The number of nitrogens with one attached hydrogen (secondary N) is 1. The van der Waals surface area contributed by atoms with Gasteiger partial charge in [0.1, 0.15) is 17.3 Å². The minimum Gasteiger partial charge on any atom is -0.457 e. The van der Waals surface area contributed by atoms with Crippen molar-refractivity contribution in [1.82, 2.24) is 5.32 Å². The highest BCUT2D eigenvalue weighted by molar-refractivity contribution is 6.30. The van der Waals surface area contributed by atoms with Crippen LogP contribution in [0.5, 0.6) is 11.5 Å². The zero-order valence-corrected chi connectivity index (χ0v) is 12.2. The highest BCUT2D eigenvalue weighted by Crippen LogP contribution is 2.31. The number of hydrogen-bond acceptors (Lipinski definition) is 2. The van der Waals surface area contributed by atoms with Crippen molar-refractivity contribution in [1.29, 1.82) is 0 Å². The average Bonchev–Trinajstić information content (AvgIpc) is 2.44. The quantitative estimate of drug-likeness (QED) is 0.843. The molecule has 0 amide bonds. The lowest BCUT2D eigenvalue weighted by Crippen LogP contribution is -2.18. The third-order valence-electron chi connectivity index (χ3n) is 3.01.